The van der Waals surface area contributed by atoms with Crippen LogP contribution in [0.25, 0.3) is 0 Å². The molecule has 0 fully saturated rings. The molecule has 24 heavy (non-hydrogen) atoms. The highest BCUT2D eigenvalue weighted by Gasteiger charge is 2.01. The molecular formula is C17H37N3O3S. The van der Waals surface area contributed by atoms with Gasteiger partial charge in [0.15, 0.2) is 5.96 Å². The maximum Gasteiger partial charge on any atom is 0.191 e. The van der Waals surface area contributed by atoms with Crippen LogP contribution in [0.5, 0.6) is 0 Å². The quantitative estimate of drug-likeness (QED) is 0.265. The number of hydrogen-bond donors (Lipinski definition) is 2. The molecule has 2 N–H and O–H groups in total. The lowest BCUT2D eigenvalue weighted by Crippen LogP contribution is -2.39. The van der Waals surface area contributed by atoms with Crippen LogP contribution in [-0.2, 0) is 14.6 Å². The fraction of sp³-hybridized carbons (Fsp3) is 0.941. The summed E-state index contributed by atoms with van der Waals surface area (Å²) in [5, 5.41) is 6.44. The van der Waals surface area contributed by atoms with Crippen molar-refractivity contribution in [1.82, 2.24) is 10.6 Å². The normalized spacial score (nSPS) is 12.4. The van der Waals surface area contributed by atoms with E-state index >= 15 is 0 Å². The average Bonchev–Trinajstić information content (AvgIpc) is 2.53. The van der Waals surface area contributed by atoms with Crippen LogP contribution in [0.15, 0.2) is 4.99 Å². The van der Waals surface area contributed by atoms with Crippen molar-refractivity contribution >= 4 is 15.8 Å². The highest BCUT2D eigenvalue weighted by Crippen LogP contribution is 2.07. The number of aliphatic imine (C=N–C) groups is 1. The Morgan fingerprint density at radius 2 is 1.50 bits per heavy atom. The van der Waals surface area contributed by atoms with Crippen molar-refractivity contribution < 1.29 is 13.2 Å². The second kappa shape index (κ2) is 15.7. The van der Waals surface area contributed by atoms with Gasteiger partial charge in [-0.15, -0.1) is 0 Å². The molecule has 0 saturated heterocycles. The molecule has 0 unspecified atom stereocenters. The molecule has 144 valence electrons. The Hall–Kier alpha value is -0.820. The van der Waals surface area contributed by atoms with E-state index in [1.165, 1.54) is 51.2 Å². The zero-order chi connectivity index (χ0) is 18.1. The molecule has 0 heterocycles. The molecule has 0 atom stereocenters. The van der Waals surface area contributed by atoms with Gasteiger partial charge in [-0.3, -0.25) is 4.99 Å². The number of ether oxygens (including phenoxy) is 1. The third kappa shape index (κ3) is 17.5. The minimum atomic E-state index is -2.94. The molecule has 6 nitrogen and oxygen atoms in total. The van der Waals surface area contributed by atoms with Crippen LogP contribution in [0.3, 0.4) is 0 Å². The van der Waals surface area contributed by atoms with E-state index in [9.17, 15) is 8.42 Å². The lowest BCUT2D eigenvalue weighted by molar-refractivity contribution is 0.154. The fourth-order valence-corrected chi connectivity index (χ4v) is 2.66. The van der Waals surface area contributed by atoms with Gasteiger partial charge in [0.05, 0.1) is 19.0 Å². The number of guanidine groups is 1. The van der Waals surface area contributed by atoms with Gasteiger partial charge < -0.3 is 15.4 Å². The maximum absolute atomic E-state index is 11.0. The number of hydrogen-bond acceptors (Lipinski definition) is 4. The first-order valence-electron chi connectivity index (χ1n) is 9.19. The van der Waals surface area contributed by atoms with Crippen LogP contribution >= 0.6 is 0 Å². The molecule has 0 aliphatic heterocycles. The summed E-state index contributed by atoms with van der Waals surface area (Å²) in [7, 11) is -1.20. The summed E-state index contributed by atoms with van der Waals surface area (Å²) in [5.74, 6) is 0.836. The van der Waals surface area contributed by atoms with Crippen LogP contribution in [0.1, 0.15) is 58.3 Å². The Kier molecular flexibility index (Phi) is 15.2. The third-order valence-electron chi connectivity index (χ3n) is 3.68. The van der Waals surface area contributed by atoms with Crippen LogP contribution in [0, 0.1) is 0 Å². The third-order valence-corrected chi connectivity index (χ3v) is 4.59. The number of rotatable bonds is 15. The predicted molar refractivity (Wildman–Crippen MR) is 103 cm³/mol. The van der Waals surface area contributed by atoms with Crippen molar-refractivity contribution in [2.24, 2.45) is 4.99 Å². The average molecular weight is 364 g/mol. The monoisotopic (exact) mass is 363 g/mol. The van der Waals surface area contributed by atoms with Gasteiger partial charge in [-0.1, -0.05) is 51.9 Å². The topological polar surface area (TPSA) is 79.8 Å². The number of unbranched alkanes of at least 4 members (excludes halogenated alkanes) is 7. The van der Waals surface area contributed by atoms with Gasteiger partial charge in [0, 0.05) is 26.4 Å². The number of nitrogens with one attached hydrogen (secondary N) is 2. The summed E-state index contributed by atoms with van der Waals surface area (Å²) < 4.78 is 27.2. The van der Waals surface area contributed by atoms with Gasteiger partial charge in [0.25, 0.3) is 0 Å². The van der Waals surface area contributed by atoms with E-state index in [0.29, 0.717) is 13.2 Å². The second-order valence-corrected chi connectivity index (χ2v) is 8.40. The molecule has 7 heteroatoms. The molecule has 0 radical (unpaired) electrons. The van der Waals surface area contributed by atoms with Crippen LogP contribution in [0.2, 0.25) is 0 Å². The minimum absolute atomic E-state index is 0.0679. The Labute approximate surface area is 148 Å². The van der Waals surface area contributed by atoms with E-state index in [2.05, 4.69) is 22.5 Å². The Balaban J connectivity index is 3.44. The van der Waals surface area contributed by atoms with Gasteiger partial charge in [-0.2, -0.15) is 0 Å². The Morgan fingerprint density at radius 3 is 2.08 bits per heavy atom. The first kappa shape index (κ1) is 23.2. The lowest BCUT2D eigenvalue weighted by atomic mass is 10.1. The molecule has 0 aliphatic rings. The van der Waals surface area contributed by atoms with Gasteiger partial charge >= 0.3 is 0 Å². The summed E-state index contributed by atoms with van der Waals surface area (Å²) in [6, 6.07) is 0. The Bertz CT molecular complexity index is 411. The smallest absolute Gasteiger partial charge is 0.191 e. The molecule has 0 spiro atoms. The molecule has 0 aromatic rings. The first-order valence-corrected chi connectivity index (χ1v) is 11.3. The Morgan fingerprint density at radius 1 is 0.917 bits per heavy atom. The van der Waals surface area contributed by atoms with Crippen molar-refractivity contribution in [3.05, 3.63) is 0 Å². The molecule has 0 rings (SSSR count). The largest absolute Gasteiger partial charge is 0.379 e. The van der Waals surface area contributed by atoms with Crippen molar-refractivity contribution in [2.45, 2.75) is 58.3 Å². The van der Waals surface area contributed by atoms with Crippen molar-refractivity contribution in [3.8, 4) is 0 Å². The van der Waals surface area contributed by atoms with E-state index in [0.717, 1.165) is 18.9 Å². The summed E-state index contributed by atoms with van der Waals surface area (Å²) in [6.07, 6.45) is 11.7. The minimum Gasteiger partial charge on any atom is -0.379 e. The zero-order valence-corrected chi connectivity index (χ0v) is 16.6. The maximum atomic E-state index is 11.0. The van der Waals surface area contributed by atoms with Gasteiger partial charge in [-0.05, 0) is 6.42 Å². The lowest BCUT2D eigenvalue weighted by Gasteiger charge is -2.12. The van der Waals surface area contributed by atoms with Crippen molar-refractivity contribution in [3.63, 3.8) is 0 Å². The molecule has 0 amide bonds. The van der Waals surface area contributed by atoms with Crippen LogP contribution in [-0.4, -0.2) is 59.7 Å². The molecule has 0 aliphatic carbocycles. The molecular weight excluding hydrogens is 326 g/mol. The van der Waals surface area contributed by atoms with Crippen LogP contribution in [0.4, 0.5) is 0 Å². The first-order chi connectivity index (χ1) is 11.5. The highest BCUT2D eigenvalue weighted by atomic mass is 32.2. The SMILES string of the molecule is CCCCCCCCCCNC(=NC)NCCOCCS(C)(=O)=O. The van der Waals surface area contributed by atoms with E-state index in [1.807, 2.05) is 0 Å². The highest BCUT2D eigenvalue weighted by molar-refractivity contribution is 7.90. The van der Waals surface area contributed by atoms with Crippen LogP contribution < -0.4 is 10.6 Å². The summed E-state index contributed by atoms with van der Waals surface area (Å²) in [5.41, 5.74) is 0. The second-order valence-electron chi connectivity index (χ2n) is 6.14. The number of nitrogens with zero attached hydrogens (tertiary/aromatic N) is 1. The van der Waals surface area contributed by atoms with Crippen molar-refractivity contribution in [1.29, 1.82) is 0 Å². The summed E-state index contributed by atoms with van der Waals surface area (Å²) in [6.45, 7) is 4.48. The van der Waals surface area contributed by atoms with E-state index in [4.69, 9.17) is 4.74 Å². The molecule has 0 aromatic heterocycles. The van der Waals surface area contributed by atoms with Crippen molar-refractivity contribution in [2.75, 3.05) is 45.4 Å². The van der Waals surface area contributed by atoms with E-state index < -0.39 is 9.84 Å². The van der Waals surface area contributed by atoms with Gasteiger partial charge in [-0.25, -0.2) is 8.42 Å². The predicted octanol–water partition coefficient (Wildman–Crippen LogP) is 2.35. The standard InChI is InChI=1S/C17H37N3O3S/c1-4-5-6-7-8-9-10-11-12-19-17(18-2)20-13-14-23-15-16-24(3,21)22/h4-16H2,1-3H3,(H2,18,19,20). The van der Waals surface area contributed by atoms with E-state index in [1.54, 1.807) is 7.05 Å². The molecule has 0 saturated carbocycles. The molecule has 0 bridgehead atoms. The molecule has 0 aromatic carbocycles. The summed E-state index contributed by atoms with van der Waals surface area (Å²) in [4.78, 5) is 4.16. The zero-order valence-electron chi connectivity index (χ0n) is 15.8. The van der Waals surface area contributed by atoms with Gasteiger partial charge in [0.1, 0.15) is 9.84 Å². The summed E-state index contributed by atoms with van der Waals surface area (Å²) >= 11 is 0. The number of sulfone groups is 1. The fourth-order valence-electron chi connectivity index (χ4n) is 2.24. The van der Waals surface area contributed by atoms with Gasteiger partial charge in [0.2, 0.25) is 0 Å². The van der Waals surface area contributed by atoms with E-state index in [-0.39, 0.29) is 12.4 Å².